The molecule has 1 fully saturated rings. The molecule has 0 saturated carbocycles. The minimum Gasteiger partial charge on any atom is -0.312 e. The van der Waals surface area contributed by atoms with Gasteiger partial charge in [0.2, 0.25) is 0 Å². The van der Waals surface area contributed by atoms with Crippen molar-refractivity contribution >= 4 is 0 Å². The number of likely N-dealkylation sites (tertiary alicyclic amines) is 1. The maximum atomic E-state index is 3.56. The molecule has 0 amide bonds. The van der Waals surface area contributed by atoms with E-state index < -0.39 is 0 Å². The largest absolute Gasteiger partial charge is 0.312 e. The number of unbranched alkanes of at least 4 members (excludes halogenated alkanes) is 3. The third-order valence-corrected chi connectivity index (χ3v) is 4.53. The fourth-order valence-corrected chi connectivity index (χ4v) is 3.10. The van der Waals surface area contributed by atoms with E-state index in [1.807, 2.05) is 0 Å². The van der Waals surface area contributed by atoms with Crippen molar-refractivity contribution in [1.82, 2.24) is 15.1 Å². The van der Waals surface area contributed by atoms with Gasteiger partial charge in [-0.05, 0) is 92.6 Å². The normalized spacial score (nSPS) is 18.6. The Hall–Kier alpha value is -0.120. The summed E-state index contributed by atoms with van der Waals surface area (Å²) in [6.07, 6.45) is 8.20. The summed E-state index contributed by atoms with van der Waals surface area (Å²) in [6.45, 7) is 13.0. The van der Waals surface area contributed by atoms with E-state index in [2.05, 4.69) is 50.0 Å². The van der Waals surface area contributed by atoms with E-state index in [1.54, 1.807) is 0 Å². The quantitative estimate of drug-likeness (QED) is 0.659. The highest BCUT2D eigenvalue weighted by molar-refractivity contribution is 4.72. The highest BCUT2D eigenvalue weighted by Crippen LogP contribution is 2.17. The molecule has 1 aliphatic rings. The number of hydrogen-bond donors (Lipinski definition) is 1. The van der Waals surface area contributed by atoms with Gasteiger partial charge in [-0.2, -0.15) is 0 Å². The summed E-state index contributed by atoms with van der Waals surface area (Å²) in [5, 5.41) is 3.56. The Morgan fingerprint density at radius 3 is 2.29 bits per heavy atom. The fraction of sp³-hybridized carbons (Fsp3) is 1.00. The van der Waals surface area contributed by atoms with Crippen molar-refractivity contribution in [2.24, 2.45) is 5.92 Å². The van der Waals surface area contributed by atoms with E-state index in [9.17, 15) is 0 Å². The number of hydrogen-bond acceptors (Lipinski definition) is 3. The van der Waals surface area contributed by atoms with Crippen molar-refractivity contribution in [2.75, 3.05) is 46.8 Å². The molecule has 1 saturated heterocycles. The summed E-state index contributed by atoms with van der Waals surface area (Å²) in [7, 11) is 4.55. The van der Waals surface area contributed by atoms with Gasteiger partial charge in [0.25, 0.3) is 0 Å². The van der Waals surface area contributed by atoms with Crippen LogP contribution in [0, 0.1) is 5.92 Å². The number of piperidine rings is 1. The molecule has 3 nitrogen and oxygen atoms in total. The summed E-state index contributed by atoms with van der Waals surface area (Å²) in [4.78, 5) is 5.02. The maximum absolute atomic E-state index is 3.56. The lowest BCUT2D eigenvalue weighted by molar-refractivity contribution is 0.175. The zero-order valence-corrected chi connectivity index (χ0v) is 15.2. The van der Waals surface area contributed by atoms with E-state index in [1.165, 1.54) is 64.7 Å². The molecule has 1 heterocycles. The lowest BCUT2D eigenvalue weighted by Crippen LogP contribution is -2.36. The first kappa shape index (κ1) is 18.9. The average Bonchev–Trinajstić information content (AvgIpc) is 2.39. The fourth-order valence-electron chi connectivity index (χ4n) is 3.10. The van der Waals surface area contributed by atoms with Crippen LogP contribution in [0.1, 0.15) is 59.3 Å². The van der Waals surface area contributed by atoms with E-state index in [4.69, 9.17) is 0 Å². The Morgan fingerprint density at radius 1 is 1.05 bits per heavy atom. The smallest absolute Gasteiger partial charge is 0.00965 e. The predicted molar refractivity (Wildman–Crippen MR) is 93.9 cm³/mol. The van der Waals surface area contributed by atoms with Gasteiger partial charge in [0.05, 0.1) is 0 Å². The van der Waals surface area contributed by atoms with Crippen LogP contribution in [0.25, 0.3) is 0 Å². The molecule has 1 N–H and O–H groups in total. The number of nitrogens with one attached hydrogen (secondary N) is 1. The van der Waals surface area contributed by atoms with Gasteiger partial charge < -0.3 is 15.1 Å². The molecule has 0 bridgehead atoms. The van der Waals surface area contributed by atoms with Crippen molar-refractivity contribution in [3.63, 3.8) is 0 Å². The lowest BCUT2D eigenvalue weighted by atomic mass is 9.96. The van der Waals surface area contributed by atoms with Crippen LogP contribution in [-0.2, 0) is 0 Å². The zero-order chi connectivity index (χ0) is 15.7. The van der Waals surface area contributed by atoms with Gasteiger partial charge in [-0.3, -0.25) is 0 Å². The van der Waals surface area contributed by atoms with Gasteiger partial charge in [-0.1, -0.05) is 12.8 Å². The summed E-state index contributed by atoms with van der Waals surface area (Å²) in [5.41, 5.74) is 0.272. The van der Waals surface area contributed by atoms with Crippen LogP contribution in [0.2, 0.25) is 0 Å². The highest BCUT2D eigenvalue weighted by Gasteiger charge is 2.17. The first-order valence-electron chi connectivity index (χ1n) is 8.99. The minimum absolute atomic E-state index is 0.272. The molecule has 3 heteroatoms. The topological polar surface area (TPSA) is 18.5 Å². The van der Waals surface area contributed by atoms with Gasteiger partial charge in [-0.25, -0.2) is 0 Å². The van der Waals surface area contributed by atoms with Crippen molar-refractivity contribution in [3.8, 4) is 0 Å². The van der Waals surface area contributed by atoms with Gasteiger partial charge >= 0.3 is 0 Å². The molecule has 0 spiro atoms. The lowest BCUT2D eigenvalue weighted by Gasteiger charge is -2.31. The summed E-state index contributed by atoms with van der Waals surface area (Å²) in [5.74, 6) is 0.933. The molecule has 0 aliphatic carbocycles. The third-order valence-electron chi connectivity index (χ3n) is 4.53. The van der Waals surface area contributed by atoms with Crippen molar-refractivity contribution in [1.29, 1.82) is 0 Å². The van der Waals surface area contributed by atoms with Gasteiger partial charge in [0.15, 0.2) is 0 Å². The second-order valence-electron chi connectivity index (χ2n) is 8.10. The third kappa shape index (κ3) is 10.3. The van der Waals surface area contributed by atoms with Crippen LogP contribution in [0.5, 0.6) is 0 Å². The van der Waals surface area contributed by atoms with Crippen LogP contribution in [0.15, 0.2) is 0 Å². The van der Waals surface area contributed by atoms with Crippen LogP contribution in [0.4, 0.5) is 0 Å². The number of nitrogens with zero attached hydrogens (tertiary/aromatic N) is 2. The van der Waals surface area contributed by atoms with Crippen molar-refractivity contribution < 1.29 is 0 Å². The monoisotopic (exact) mass is 297 g/mol. The first-order chi connectivity index (χ1) is 9.87. The highest BCUT2D eigenvalue weighted by atomic mass is 15.1. The van der Waals surface area contributed by atoms with Crippen molar-refractivity contribution in [3.05, 3.63) is 0 Å². The number of rotatable bonds is 9. The first-order valence-corrected chi connectivity index (χ1v) is 8.99. The van der Waals surface area contributed by atoms with Crippen molar-refractivity contribution in [2.45, 2.75) is 64.8 Å². The molecule has 0 radical (unpaired) electrons. The summed E-state index contributed by atoms with van der Waals surface area (Å²) in [6, 6.07) is 0. The Bertz CT molecular complexity index is 252. The van der Waals surface area contributed by atoms with Gasteiger partial charge in [0.1, 0.15) is 0 Å². The minimum atomic E-state index is 0.272. The van der Waals surface area contributed by atoms with E-state index >= 15 is 0 Å². The molecule has 0 aromatic carbocycles. The van der Waals surface area contributed by atoms with Gasteiger partial charge in [0, 0.05) is 12.1 Å². The average molecular weight is 298 g/mol. The van der Waals surface area contributed by atoms with E-state index in [0.29, 0.717) is 0 Å². The Morgan fingerprint density at radius 2 is 1.67 bits per heavy atom. The standard InChI is InChI=1S/C18H39N3/c1-18(2,3)19-12-8-6-7-9-13-21(5)16-17-10-14-20(4)15-11-17/h17,19H,6-16H2,1-5H3. The second kappa shape index (κ2) is 9.81. The van der Waals surface area contributed by atoms with Crippen LogP contribution in [0.3, 0.4) is 0 Å². The maximum Gasteiger partial charge on any atom is 0.00965 e. The molecule has 1 aliphatic heterocycles. The van der Waals surface area contributed by atoms with Crippen LogP contribution >= 0.6 is 0 Å². The SMILES string of the molecule is CN1CCC(CN(C)CCCCCCNC(C)(C)C)CC1. The van der Waals surface area contributed by atoms with Crippen LogP contribution in [-0.4, -0.2) is 62.2 Å². The Labute approximate surface area is 133 Å². The molecular weight excluding hydrogens is 258 g/mol. The summed E-state index contributed by atoms with van der Waals surface area (Å²) < 4.78 is 0. The predicted octanol–water partition coefficient (Wildman–Crippen LogP) is 3.21. The van der Waals surface area contributed by atoms with Crippen LogP contribution < -0.4 is 5.32 Å². The zero-order valence-electron chi connectivity index (χ0n) is 15.2. The van der Waals surface area contributed by atoms with E-state index in [0.717, 1.165) is 12.5 Å². The molecule has 1 rings (SSSR count). The molecule has 21 heavy (non-hydrogen) atoms. The molecule has 0 unspecified atom stereocenters. The molecule has 0 atom stereocenters. The Kier molecular flexibility index (Phi) is 8.84. The molecule has 126 valence electrons. The molecule has 0 aromatic heterocycles. The Balaban J connectivity index is 1.92. The molecular formula is C18H39N3. The summed E-state index contributed by atoms with van der Waals surface area (Å²) >= 11 is 0. The second-order valence-corrected chi connectivity index (χ2v) is 8.10. The van der Waals surface area contributed by atoms with Gasteiger partial charge in [-0.15, -0.1) is 0 Å². The molecule has 0 aromatic rings. The van der Waals surface area contributed by atoms with E-state index in [-0.39, 0.29) is 5.54 Å².